The van der Waals surface area contributed by atoms with Crippen LogP contribution >= 0.6 is 0 Å². The van der Waals surface area contributed by atoms with Gasteiger partial charge in [-0.3, -0.25) is 9.69 Å². The van der Waals surface area contributed by atoms with Crippen LogP contribution in [0.25, 0.3) is 0 Å². The van der Waals surface area contributed by atoms with Crippen LogP contribution < -0.4 is 10.6 Å². The number of carbonyl (C=O) groups is 1. The van der Waals surface area contributed by atoms with Gasteiger partial charge in [0.15, 0.2) is 5.69 Å². The van der Waals surface area contributed by atoms with E-state index in [9.17, 15) is 4.79 Å². The lowest BCUT2D eigenvalue weighted by Gasteiger charge is -2.25. The quantitative estimate of drug-likeness (QED) is 0.802. The fourth-order valence-corrected chi connectivity index (χ4v) is 4.01. The second-order valence-corrected chi connectivity index (χ2v) is 7.48. The molecule has 4 rings (SSSR count). The van der Waals surface area contributed by atoms with E-state index in [1.807, 2.05) is 23.7 Å². The van der Waals surface area contributed by atoms with Crippen LogP contribution in [-0.4, -0.2) is 58.5 Å². The highest BCUT2D eigenvalue weighted by Crippen LogP contribution is 2.26. The lowest BCUT2D eigenvalue weighted by Crippen LogP contribution is -2.36. The number of aryl methyl sites for hydroxylation is 1. The highest BCUT2D eigenvalue weighted by Gasteiger charge is 2.27. The molecule has 2 N–H and O–H groups in total. The maximum absolute atomic E-state index is 12.6. The summed E-state index contributed by atoms with van der Waals surface area (Å²) < 4.78 is 7.69. The third-order valence-corrected chi connectivity index (χ3v) is 5.55. The molecule has 0 saturated carbocycles. The Bertz CT molecular complexity index is 758. The third-order valence-electron chi connectivity index (χ3n) is 5.55. The van der Waals surface area contributed by atoms with Crippen molar-refractivity contribution in [1.29, 1.82) is 0 Å². The predicted octanol–water partition coefficient (Wildman–Crippen LogP) is 1.67. The van der Waals surface area contributed by atoms with Crippen molar-refractivity contribution in [3.05, 3.63) is 35.5 Å². The highest BCUT2D eigenvalue weighted by molar-refractivity contribution is 5.91. The van der Waals surface area contributed by atoms with Crippen molar-refractivity contribution in [2.45, 2.75) is 44.7 Å². The van der Waals surface area contributed by atoms with Crippen molar-refractivity contribution < 1.29 is 9.21 Å². The molecule has 4 heterocycles. The van der Waals surface area contributed by atoms with Gasteiger partial charge < -0.3 is 15.1 Å². The van der Waals surface area contributed by atoms with Crippen LogP contribution in [-0.2, 0) is 0 Å². The van der Waals surface area contributed by atoms with E-state index in [4.69, 9.17) is 4.42 Å². The normalized spacial score (nSPS) is 20.0. The smallest absolute Gasteiger partial charge is 0.273 e. The van der Waals surface area contributed by atoms with Gasteiger partial charge in [-0.2, -0.15) is 0 Å². The van der Waals surface area contributed by atoms with Crippen LogP contribution in [0.5, 0.6) is 0 Å². The number of likely N-dealkylation sites (tertiary alicyclic amines) is 1. The summed E-state index contributed by atoms with van der Waals surface area (Å²) in [6.07, 6.45) is 6.18. The van der Waals surface area contributed by atoms with Crippen molar-refractivity contribution in [3.63, 3.8) is 0 Å². The number of hydrogen-bond donors (Lipinski definition) is 2. The van der Waals surface area contributed by atoms with E-state index in [2.05, 4.69) is 25.8 Å². The van der Waals surface area contributed by atoms with Gasteiger partial charge in [0, 0.05) is 6.54 Å². The minimum absolute atomic E-state index is 0.0598. The van der Waals surface area contributed by atoms with E-state index in [1.54, 1.807) is 6.20 Å². The van der Waals surface area contributed by atoms with Crippen molar-refractivity contribution in [2.24, 2.45) is 0 Å². The zero-order valence-electron chi connectivity index (χ0n) is 15.9. The van der Waals surface area contributed by atoms with E-state index in [0.717, 1.165) is 50.5 Å². The Morgan fingerprint density at radius 1 is 1.33 bits per heavy atom. The molecule has 2 aliphatic heterocycles. The van der Waals surface area contributed by atoms with E-state index in [1.165, 1.54) is 12.8 Å². The lowest BCUT2D eigenvalue weighted by molar-refractivity contribution is 0.0928. The first-order valence-electron chi connectivity index (χ1n) is 9.92. The molecule has 27 heavy (non-hydrogen) atoms. The number of nitrogens with one attached hydrogen (secondary N) is 2. The van der Waals surface area contributed by atoms with Crippen LogP contribution in [0.2, 0.25) is 0 Å². The molecule has 2 aliphatic rings. The molecule has 0 spiro atoms. The maximum atomic E-state index is 12.6. The first kappa shape index (κ1) is 18.2. The van der Waals surface area contributed by atoms with Crippen molar-refractivity contribution in [1.82, 2.24) is 30.5 Å². The van der Waals surface area contributed by atoms with E-state index < -0.39 is 0 Å². The minimum atomic E-state index is -0.178. The standard InChI is InChI=1S/C19H28N6O2/c1-14-4-5-18(27-14)17(24-10-2-3-11-24)12-21-19(26)16-13-25(23-22-16)15-6-8-20-9-7-15/h4-5,13,15,17,20H,2-3,6-12H2,1H3,(H,21,26). The molecule has 0 bridgehead atoms. The van der Waals surface area contributed by atoms with Crippen LogP contribution in [0.1, 0.15) is 59.8 Å². The Balaban J connectivity index is 1.40. The first-order chi connectivity index (χ1) is 13.2. The second kappa shape index (κ2) is 8.22. The van der Waals surface area contributed by atoms with Gasteiger partial charge >= 0.3 is 0 Å². The zero-order valence-corrected chi connectivity index (χ0v) is 15.9. The van der Waals surface area contributed by atoms with Crippen LogP contribution in [0, 0.1) is 6.92 Å². The highest BCUT2D eigenvalue weighted by atomic mass is 16.3. The molecule has 2 aromatic rings. The Hall–Kier alpha value is -2.19. The minimum Gasteiger partial charge on any atom is -0.465 e. The van der Waals surface area contributed by atoms with Crippen LogP contribution in [0.3, 0.4) is 0 Å². The Morgan fingerprint density at radius 3 is 2.81 bits per heavy atom. The number of piperidine rings is 1. The fraction of sp³-hybridized carbons (Fsp3) is 0.632. The van der Waals surface area contributed by atoms with Gasteiger partial charge in [-0.1, -0.05) is 5.21 Å². The summed E-state index contributed by atoms with van der Waals surface area (Å²) >= 11 is 0. The maximum Gasteiger partial charge on any atom is 0.273 e. The van der Waals surface area contributed by atoms with Crippen molar-refractivity contribution in [3.8, 4) is 0 Å². The van der Waals surface area contributed by atoms with Crippen LogP contribution in [0.4, 0.5) is 0 Å². The summed E-state index contributed by atoms with van der Waals surface area (Å²) in [5, 5.41) is 14.6. The fourth-order valence-electron chi connectivity index (χ4n) is 4.01. The Kier molecular flexibility index (Phi) is 5.54. The molecule has 1 amide bonds. The van der Waals surface area contributed by atoms with Crippen molar-refractivity contribution in [2.75, 3.05) is 32.7 Å². The molecule has 2 saturated heterocycles. The molecule has 0 radical (unpaired) electrons. The Labute approximate surface area is 159 Å². The molecule has 146 valence electrons. The van der Waals surface area contributed by atoms with Crippen molar-refractivity contribution >= 4 is 5.91 Å². The number of rotatable bonds is 6. The molecular formula is C19H28N6O2. The lowest BCUT2D eigenvalue weighted by atomic mass is 10.1. The second-order valence-electron chi connectivity index (χ2n) is 7.48. The first-order valence-corrected chi connectivity index (χ1v) is 9.92. The monoisotopic (exact) mass is 372 g/mol. The number of aromatic nitrogens is 3. The average Bonchev–Trinajstić information content (AvgIpc) is 3.45. The van der Waals surface area contributed by atoms with E-state index >= 15 is 0 Å². The average molecular weight is 372 g/mol. The summed E-state index contributed by atoms with van der Waals surface area (Å²) in [6.45, 7) is 6.48. The molecule has 0 aromatic carbocycles. The van der Waals surface area contributed by atoms with Gasteiger partial charge in [-0.05, 0) is 70.9 Å². The zero-order chi connectivity index (χ0) is 18.6. The predicted molar refractivity (Wildman–Crippen MR) is 100 cm³/mol. The van der Waals surface area contributed by atoms with Gasteiger partial charge in [0.1, 0.15) is 11.5 Å². The number of carbonyl (C=O) groups excluding carboxylic acids is 1. The number of nitrogens with zero attached hydrogens (tertiary/aromatic N) is 4. The van der Waals surface area contributed by atoms with Crippen LogP contribution in [0.15, 0.2) is 22.7 Å². The molecule has 2 aromatic heterocycles. The third kappa shape index (κ3) is 4.22. The number of furan rings is 1. The molecule has 0 aliphatic carbocycles. The molecular weight excluding hydrogens is 344 g/mol. The SMILES string of the molecule is Cc1ccc(C(CNC(=O)c2cn(C3CCNCC3)nn2)N2CCCC2)o1. The van der Waals surface area contributed by atoms with E-state index in [-0.39, 0.29) is 11.9 Å². The number of amides is 1. The Morgan fingerprint density at radius 2 is 2.11 bits per heavy atom. The van der Waals surface area contributed by atoms with Gasteiger partial charge in [-0.15, -0.1) is 5.10 Å². The summed E-state index contributed by atoms with van der Waals surface area (Å²) in [7, 11) is 0. The molecule has 1 unspecified atom stereocenters. The molecule has 2 fully saturated rings. The van der Waals surface area contributed by atoms with Gasteiger partial charge in [0.25, 0.3) is 5.91 Å². The van der Waals surface area contributed by atoms with Gasteiger partial charge in [0.2, 0.25) is 0 Å². The largest absolute Gasteiger partial charge is 0.465 e. The summed E-state index contributed by atoms with van der Waals surface area (Å²) in [6, 6.07) is 4.37. The molecule has 1 atom stereocenters. The van der Waals surface area contributed by atoms with Gasteiger partial charge in [0.05, 0.1) is 18.3 Å². The van der Waals surface area contributed by atoms with E-state index in [0.29, 0.717) is 18.3 Å². The summed E-state index contributed by atoms with van der Waals surface area (Å²) in [4.78, 5) is 15.0. The van der Waals surface area contributed by atoms with Gasteiger partial charge in [-0.25, -0.2) is 4.68 Å². The summed E-state index contributed by atoms with van der Waals surface area (Å²) in [5.74, 6) is 1.63. The topological polar surface area (TPSA) is 88.2 Å². The molecule has 8 nitrogen and oxygen atoms in total. The number of hydrogen-bond acceptors (Lipinski definition) is 6. The molecule has 8 heteroatoms. The summed E-state index contributed by atoms with van der Waals surface area (Å²) in [5.41, 5.74) is 0.379.